The van der Waals surface area contributed by atoms with Crippen LogP contribution in [0.15, 0.2) is 10.8 Å². The quantitative estimate of drug-likeness (QED) is 0.845. The summed E-state index contributed by atoms with van der Waals surface area (Å²) in [5.74, 6) is 0.959. The molecule has 2 atom stereocenters. The van der Waals surface area contributed by atoms with Crippen molar-refractivity contribution in [3.63, 3.8) is 0 Å². The van der Waals surface area contributed by atoms with Crippen molar-refractivity contribution in [1.29, 1.82) is 0 Å². The number of ether oxygens (including phenoxy) is 1. The molecule has 2 aliphatic heterocycles. The SMILES string of the molecule is Cc1nc(N2CCC3(CC2)CO[C@@H](C)[C@H]3N)cnc1Br. The van der Waals surface area contributed by atoms with E-state index in [0.29, 0.717) is 0 Å². The molecule has 2 N–H and O–H groups in total. The molecule has 1 aromatic heterocycles. The topological polar surface area (TPSA) is 64.3 Å². The van der Waals surface area contributed by atoms with Gasteiger partial charge in [0.2, 0.25) is 0 Å². The molecule has 2 aliphatic rings. The van der Waals surface area contributed by atoms with Gasteiger partial charge in [0.05, 0.1) is 24.6 Å². The van der Waals surface area contributed by atoms with E-state index < -0.39 is 0 Å². The summed E-state index contributed by atoms with van der Waals surface area (Å²) in [4.78, 5) is 11.2. The number of rotatable bonds is 1. The van der Waals surface area contributed by atoms with Crippen LogP contribution in [-0.4, -0.2) is 41.8 Å². The molecule has 0 saturated carbocycles. The molecule has 110 valence electrons. The van der Waals surface area contributed by atoms with Crippen molar-refractivity contribution in [2.45, 2.75) is 38.8 Å². The summed E-state index contributed by atoms with van der Waals surface area (Å²) in [6.45, 7) is 6.79. The predicted octanol–water partition coefficient (Wildman–Crippen LogP) is 1.88. The van der Waals surface area contributed by atoms with Gasteiger partial charge in [-0.1, -0.05) is 0 Å². The molecule has 0 aliphatic carbocycles. The van der Waals surface area contributed by atoms with Crippen molar-refractivity contribution >= 4 is 21.7 Å². The van der Waals surface area contributed by atoms with Gasteiger partial charge in [0, 0.05) is 24.5 Å². The molecule has 1 aromatic rings. The van der Waals surface area contributed by atoms with Crippen molar-refractivity contribution in [2.24, 2.45) is 11.1 Å². The van der Waals surface area contributed by atoms with E-state index in [-0.39, 0.29) is 17.6 Å². The first-order chi connectivity index (χ1) is 9.52. The summed E-state index contributed by atoms with van der Waals surface area (Å²) < 4.78 is 6.57. The number of nitrogens with zero attached hydrogens (tertiary/aromatic N) is 3. The van der Waals surface area contributed by atoms with E-state index in [4.69, 9.17) is 10.5 Å². The van der Waals surface area contributed by atoms with E-state index in [1.165, 1.54) is 0 Å². The molecule has 3 rings (SSSR count). The van der Waals surface area contributed by atoms with Crippen molar-refractivity contribution in [2.75, 3.05) is 24.6 Å². The number of piperidine rings is 1. The fourth-order valence-corrected chi connectivity index (χ4v) is 3.45. The normalized spacial score (nSPS) is 29.1. The minimum atomic E-state index is 0.155. The number of nitrogens with two attached hydrogens (primary N) is 1. The molecule has 3 heterocycles. The van der Waals surface area contributed by atoms with E-state index in [2.05, 4.69) is 37.7 Å². The maximum absolute atomic E-state index is 6.34. The molecule has 5 nitrogen and oxygen atoms in total. The van der Waals surface area contributed by atoms with Crippen LogP contribution < -0.4 is 10.6 Å². The average molecular weight is 341 g/mol. The molecule has 0 bridgehead atoms. The second-order valence-electron chi connectivity index (χ2n) is 6.00. The summed E-state index contributed by atoms with van der Waals surface area (Å²) in [6, 6.07) is 0.155. The summed E-state index contributed by atoms with van der Waals surface area (Å²) in [6.07, 6.45) is 4.14. The molecule has 2 saturated heterocycles. The highest BCUT2D eigenvalue weighted by molar-refractivity contribution is 9.10. The Morgan fingerprint density at radius 2 is 2.15 bits per heavy atom. The van der Waals surface area contributed by atoms with Crippen LogP contribution in [0.5, 0.6) is 0 Å². The third-order valence-electron chi connectivity index (χ3n) is 4.80. The zero-order valence-corrected chi connectivity index (χ0v) is 13.6. The van der Waals surface area contributed by atoms with Crippen LogP contribution in [0.1, 0.15) is 25.5 Å². The van der Waals surface area contributed by atoms with Crippen LogP contribution in [0.2, 0.25) is 0 Å². The fraction of sp³-hybridized carbons (Fsp3) is 0.714. The van der Waals surface area contributed by atoms with Crippen LogP contribution in [0, 0.1) is 12.3 Å². The van der Waals surface area contributed by atoms with Crippen LogP contribution in [0.25, 0.3) is 0 Å². The second kappa shape index (κ2) is 5.24. The number of hydrogen-bond acceptors (Lipinski definition) is 5. The molecule has 0 unspecified atom stereocenters. The highest BCUT2D eigenvalue weighted by atomic mass is 79.9. The van der Waals surface area contributed by atoms with Crippen molar-refractivity contribution in [3.8, 4) is 0 Å². The third-order valence-corrected chi connectivity index (χ3v) is 5.58. The van der Waals surface area contributed by atoms with E-state index >= 15 is 0 Å². The van der Waals surface area contributed by atoms with Crippen LogP contribution in [0.4, 0.5) is 5.82 Å². The van der Waals surface area contributed by atoms with Gasteiger partial charge < -0.3 is 15.4 Å². The van der Waals surface area contributed by atoms with E-state index in [1.54, 1.807) is 0 Å². The van der Waals surface area contributed by atoms with Crippen LogP contribution in [-0.2, 0) is 4.74 Å². The Morgan fingerprint density at radius 3 is 2.70 bits per heavy atom. The standard InChI is InChI=1S/C14H21BrN4O/c1-9-13(15)17-7-11(18-9)19-5-3-14(4-6-19)8-20-10(2)12(14)16/h7,10,12H,3-6,8,16H2,1-2H3/t10-,12+/m0/s1. The van der Waals surface area contributed by atoms with Gasteiger partial charge in [0.25, 0.3) is 0 Å². The van der Waals surface area contributed by atoms with Gasteiger partial charge in [0.1, 0.15) is 10.4 Å². The van der Waals surface area contributed by atoms with Gasteiger partial charge in [-0.15, -0.1) is 0 Å². The molecule has 0 aromatic carbocycles. The maximum atomic E-state index is 6.34. The van der Waals surface area contributed by atoms with E-state index in [0.717, 1.165) is 48.7 Å². The summed E-state index contributed by atoms with van der Waals surface area (Å²) in [5, 5.41) is 0. The van der Waals surface area contributed by atoms with Crippen molar-refractivity contribution < 1.29 is 4.74 Å². The Hall–Kier alpha value is -0.720. The van der Waals surface area contributed by atoms with Crippen molar-refractivity contribution in [3.05, 3.63) is 16.5 Å². The maximum Gasteiger partial charge on any atom is 0.147 e. The average Bonchev–Trinajstić information content (AvgIpc) is 2.72. The lowest BCUT2D eigenvalue weighted by Crippen LogP contribution is -2.50. The first-order valence-electron chi connectivity index (χ1n) is 7.13. The van der Waals surface area contributed by atoms with Gasteiger partial charge >= 0.3 is 0 Å². The molecular weight excluding hydrogens is 320 g/mol. The number of anilines is 1. The lowest BCUT2D eigenvalue weighted by Gasteiger charge is -2.41. The molecule has 1 spiro atoms. The molecule has 2 fully saturated rings. The first-order valence-corrected chi connectivity index (χ1v) is 7.92. The van der Waals surface area contributed by atoms with E-state index in [9.17, 15) is 0 Å². The van der Waals surface area contributed by atoms with Gasteiger partial charge in [-0.25, -0.2) is 9.97 Å². The summed E-state index contributed by atoms with van der Waals surface area (Å²) >= 11 is 3.39. The lowest BCUT2D eigenvalue weighted by atomic mass is 9.73. The summed E-state index contributed by atoms with van der Waals surface area (Å²) in [7, 11) is 0. The Kier molecular flexibility index (Phi) is 3.73. The smallest absolute Gasteiger partial charge is 0.147 e. The minimum absolute atomic E-state index is 0.155. The Labute approximate surface area is 128 Å². The number of aromatic nitrogens is 2. The Morgan fingerprint density at radius 1 is 1.45 bits per heavy atom. The Balaban J connectivity index is 1.71. The zero-order valence-electron chi connectivity index (χ0n) is 12.0. The Bertz CT molecular complexity index is 502. The monoisotopic (exact) mass is 340 g/mol. The molecule has 20 heavy (non-hydrogen) atoms. The largest absolute Gasteiger partial charge is 0.376 e. The molecule has 0 radical (unpaired) electrons. The zero-order chi connectivity index (χ0) is 14.3. The van der Waals surface area contributed by atoms with E-state index in [1.807, 2.05) is 13.1 Å². The van der Waals surface area contributed by atoms with Gasteiger partial charge in [-0.05, 0) is 42.6 Å². The van der Waals surface area contributed by atoms with Crippen LogP contribution in [0.3, 0.4) is 0 Å². The third kappa shape index (κ3) is 2.34. The number of hydrogen-bond donors (Lipinski definition) is 1. The predicted molar refractivity (Wildman–Crippen MR) is 81.7 cm³/mol. The first kappa shape index (κ1) is 14.2. The molecular formula is C14H21BrN4O. The lowest BCUT2D eigenvalue weighted by molar-refractivity contribution is 0.0974. The fourth-order valence-electron chi connectivity index (χ4n) is 3.26. The summed E-state index contributed by atoms with van der Waals surface area (Å²) in [5.41, 5.74) is 7.43. The second-order valence-corrected chi connectivity index (χ2v) is 6.75. The molecule has 0 amide bonds. The molecule has 6 heteroatoms. The van der Waals surface area contributed by atoms with Crippen molar-refractivity contribution in [1.82, 2.24) is 9.97 Å². The minimum Gasteiger partial charge on any atom is -0.376 e. The van der Waals surface area contributed by atoms with Gasteiger partial charge in [-0.2, -0.15) is 0 Å². The number of aryl methyl sites for hydroxylation is 1. The van der Waals surface area contributed by atoms with Gasteiger partial charge in [0.15, 0.2) is 0 Å². The van der Waals surface area contributed by atoms with Gasteiger partial charge in [-0.3, -0.25) is 0 Å². The number of halogens is 1. The van der Waals surface area contributed by atoms with Crippen LogP contribution >= 0.6 is 15.9 Å². The highest BCUT2D eigenvalue weighted by Crippen LogP contribution is 2.41. The highest BCUT2D eigenvalue weighted by Gasteiger charge is 2.47.